The second kappa shape index (κ2) is 6.05. The summed E-state index contributed by atoms with van der Waals surface area (Å²) in [4.78, 5) is 26.7. The third kappa shape index (κ3) is 2.11. The van der Waals surface area contributed by atoms with E-state index in [4.69, 9.17) is 4.74 Å². The summed E-state index contributed by atoms with van der Waals surface area (Å²) in [5.41, 5.74) is 4.64. The predicted octanol–water partition coefficient (Wildman–Crippen LogP) is 3.17. The first-order valence-corrected chi connectivity index (χ1v) is 10.1. The molecule has 4 bridgehead atoms. The van der Waals surface area contributed by atoms with E-state index >= 15 is 0 Å². The highest BCUT2D eigenvalue weighted by molar-refractivity contribution is 5.86. The minimum atomic E-state index is -0.670. The van der Waals surface area contributed by atoms with Crippen molar-refractivity contribution in [1.29, 1.82) is 0 Å². The van der Waals surface area contributed by atoms with Gasteiger partial charge in [-0.3, -0.25) is 9.69 Å². The predicted molar refractivity (Wildman–Crippen MR) is 107 cm³/mol. The molecular formula is C23H26N2O3. The Labute approximate surface area is 164 Å². The monoisotopic (exact) mass is 378 g/mol. The molecule has 4 aliphatic rings. The summed E-state index contributed by atoms with van der Waals surface area (Å²) in [5, 5.41) is 1.28. The fourth-order valence-electron chi connectivity index (χ4n) is 6.18. The first kappa shape index (κ1) is 17.7. The zero-order valence-electron chi connectivity index (χ0n) is 16.6. The molecule has 0 N–H and O–H groups in total. The van der Waals surface area contributed by atoms with Crippen molar-refractivity contribution in [3.63, 3.8) is 0 Å². The van der Waals surface area contributed by atoms with Gasteiger partial charge >= 0.3 is 5.97 Å². The van der Waals surface area contributed by atoms with Gasteiger partial charge in [0, 0.05) is 43.2 Å². The van der Waals surface area contributed by atoms with Crippen LogP contribution in [0.15, 0.2) is 35.9 Å². The van der Waals surface area contributed by atoms with E-state index in [-0.39, 0.29) is 24.5 Å². The van der Waals surface area contributed by atoms with E-state index in [1.165, 1.54) is 34.7 Å². The summed E-state index contributed by atoms with van der Waals surface area (Å²) in [6, 6.07) is 8.91. The third-order valence-electron chi connectivity index (χ3n) is 7.43. The number of carbonyl (C=O) groups excluding carboxylic acids is 2. The minimum absolute atomic E-state index is 0.0649. The average molecular weight is 378 g/mol. The standard InChI is InChI=1S/C23H26N2O3/c1-4-15-11-25-20-10-18(15)23(12-26,13-28-14(2)27)21(25)9-17-16-7-5-6-8-19(16)24(3)22(17)20/h4-8,12,18,20-21H,9-11,13H2,1-3H3/b15-4-/t18-,20-,21-,23+/m0/s1. The number of aromatic nitrogens is 1. The molecule has 2 aromatic rings. The Morgan fingerprint density at radius 2 is 2.14 bits per heavy atom. The van der Waals surface area contributed by atoms with Crippen LogP contribution in [0.4, 0.5) is 0 Å². The molecule has 0 saturated carbocycles. The lowest BCUT2D eigenvalue weighted by molar-refractivity contribution is -0.163. The van der Waals surface area contributed by atoms with Gasteiger partial charge in [0.05, 0.1) is 11.5 Å². The number of fused-ring (bicyclic) bond motifs is 4. The lowest BCUT2D eigenvalue weighted by Gasteiger charge is -2.62. The molecule has 0 spiro atoms. The van der Waals surface area contributed by atoms with E-state index < -0.39 is 5.41 Å². The average Bonchev–Trinajstić information content (AvgIpc) is 3.00. The second-order valence-corrected chi connectivity index (χ2v) is 8.51. The van der Waals surface area contributed by atoms with Crippen LogP contribution in [0.5, 0.6) is 0 Å². The SMILES string of the molecule is C/C=C1/CN2[C@H]3Cc4c(n(C)c5ccccc45)[C@@H]2C[C@@H]1[C@@]3(C=O)COC(C)=O. The smallest absolute Gasteiger partial charge is 0.302 e. The number of rotatable bonds is 3. The Morgan fingerprint density at radius 1 is 1.36 bits per heavy atom. The Hall–Kier alpha value is -2.40. The molecule has 5 heterocycles. The Kier molecular flexibility index (Phi) is 3.82. The summed E-state index contributed by atoms with van der Waals surface area (Å²) in [7, 11) is 2.16. The maximum atomic E-state index is 12.6. The number of para-hydroxylation sites is 1. The Morgan fingerprint density at radius 3 is 2.86 bits per heavy atom. The molecule has 1 unspecified atom stereocenters. The maximum Gasteiger partial charge on any atom is 0.302 e. The zero-order chi connectivity index (χ0) is 19.6. The summed E-state index contributed by atoms with van der Waals surface area (Å²) < 4.78 is 7.81. The highest BCUT2D eigenvalue weighted by atomic mass is 16.5. The van der Waals surface area contributed by atoms with Crippen molar-refractivity contribution in [1.82, 2.24) is 9.47 Å². The van der Waals surface area contributed by atoms with Crippen molar-refractivity contribution in [2.45, 2.75) is 38.8 Å². The highest BCUT2D eigenvalue weighted by Crippen LogP contribution is 2.59. The number of ether oxygens (including phenoxy) is 1. The van der Waals surface area contributed by atoms with E-state index in [0.29, 0.717) is 6.04 Å². The van der Waals surface area contributed by atoms with Crippen molar-refractivity contribution in [3.8, 4) is 0 Å². The van der Waals surface area contributed by atoms with E-state index in [2.05, 4.69) is 53.8 Å². The van der Waals surface area contributed by atoms with Crippen LogP contribution in [-0.4, -0.2) is 40.9 Å². The topological polar surface area (TPSA) is 51.5 Å². The summed E-state index contributed by atoms with van der Waals surface area (Å²) in [6.45, 7) is 4.54. The second-order valence-electron chi connectivity index (χ2n) is 8.51. The molecule has 1 aromatic carbocycles. The molecular weight excluding hydrogens is 352 g/mol. The maximum absolute atomic E-state index is 12.6. The summed E-state index contributed by atoms with van der Waals surface area (Å²) >= 11 is 0. The molecule has 5 heteroatoms. The largest absolute Gasteiger partial charge is 0.465 e. The van der Waals surface area contributed by atoms with Crippen LogP contribution in [0.2, 0.25) is 0 Å². The Bertz CT molecular complexity index is 1020. The number of hydrogen-bond donors (Lipinski definition) is 0. The first-order chi connectivity index (χ1) is 13.5. The van der Waals surface area contributed by atoms with Crippen LogP contribution in [0.1, 0.15) is 37.6 Å². The normalized spacial score (nSPS) is 34.5. The van der Waals surface area contributed by atoms with E-state index in [9.17, 15) is 9.59 Å². The number of aldehydes is 1. The van der Waals surface area contributed by atoms with Crippen LogP contribution < -0.4 is 0 Å². The third-order valence-corrected chi connectivity index (χ3v) is 7.43. The number of benzene rings is 1. The number of aryl methyl sites for hydroxylation is 1. The van der Waals surface area contributed by atoms with Crippen molar-refractivity contribution in [2.75, 3.05) is 13.2 Å². The van der Waals surface area contributed by atoms with Crippen LogP contribution in [0, 0.1) is 11.3 Å². The Balaban J connectivity index is 1.70. The van der Waals surface area contributed by atoms with Gasteiger partial charge in [0.2, 0.25) is 0 Å². The molecule has 1 aromatic heterocycles. The number of hydrogen-bond acceptors (Lipinski definition) is 4. The molecule has 4 aliphatic heterocycles. The molecule has 6 rings (SSSR count). The van der Waals surface area contributed by atoms with Gasteiger partial charge in [-0.05, 0) is 37.3 Å². The lowest BCUT2D eigenvalue weighted by Crippen LogP contribution is -2.68. The van der Waals surface area contributed by atoms with Crippen molar-refractivity contribution in [2.24, 2.45) is 18.4 Å². The molecule has 5 nitrogen and oxygen atoms in total. The van der Waals surface area contributed by atoms with Gasteiger partial charge in [0.15, 0.2) is 0 Å². The number of nitrogens with zero attached hydrogens (tertiary/aromatic N) is 2. The van der Waals surface area contributed by atoms with E-state index in [1.807, 2.05) is 0 Å². The van der Waals surface area contributed by atoms with Gasteiger partial charge in [-0.1, -0.05) is 29.8 Å². The lowest BCUT2D eigenvalue weighted by atomic mass is 9.56. The summed E-state index contributed by atoms with van der Waals surface area (Å²) in [6.07, 6.45) is 4.96. The quantitative estimate of drug-likeness (QED) is 0.468. The molecule has 146 valence electrons. The molecule has 28 heavy (non-hydrogen) atoms. The molecule has 5 atom stereocenters. The zero-order valence-corrected chi connectivity index (χ0v) is 16.6. The minimum Gasteiger partial charge on any atom is -0.465 e. The number of allylic oxidation sites excluding steroid dienone is 1. The van der Waals surface area contributed by atoms with Gasteiger partial charge in [-0.25, -0.2) is 0 Å². The molecule has 3 fully saturated rings. The fraction of sp³-hybridized carbons (Fsp3) is 0.478. The van der Waals surface area contributed by atoms with Gasteiger partial charge in [-0.2, -0.15) is 0 Å². The highest BCUT2D eigenvalue weighted by Gasteiger charge is 2.61. The molecule has 3 saturated heterocycles. The molecule has 0 aliphatic carbocycles. The number of esters is 1. The number of carbonyl (C=O) groups is 2. The molecule has 0 radical (unpaired) electrons. The summed E-state index contributed by atoms with van der Waals surface area (Å²) in [5.74, 6) is -0.196. The van der Waals surface area contributed by atoms with Gasteiger partial charge in [0.1, 0.15) is 12.9 Å². The van der Waals surface area contributed by atoms with Gasteiger partial charge in [0.25, 0.3) is 0 Å². The van der Waals surface area contributed by atoms with Crippen LogP contribution in [-0.2, 0) is 27.8 Å². The van der Waals surface area contributed by atoms with Crippen molar-refractivity contribution >= 4 is 23.2 Å². The fourth-order valence-corrected chi connectivity index (χ4v) is 6.18. The van der Waals surface area contributed by atoms with Crippen molar-refractivity contribution in [3.05, 3.63) is 47.2 Å². The van der Waals surface area contributed by atoms with E-state index in [1.54, 1.807) is 0 Å². The van der Waals surface area contributed by atoms with Gasteiger partial charge in [-0.15, -0.1) is 0 Å². The van der Waals surface area contributed by atoms with Crippen LogP contribution >= 0.6 is 0 Å². The van der Waals surface area contributed by atoms with Gasteiger partial charge < -0.3 is 14.1 Å². The van der Waals surface area contributed by atoms with Crippen LogP contribution in [0.25, 0.3) is 10.9 Å². The van der Waals surface area contributed by atoms with Crippen LogP contribution in [0.3, 0.4) is 0 Å². The van der Waals surface area contributed by atoms with Crippen molar-refractivity contribution < 1.29 is 14.3 Å². The van der Waals surface area contributed by atoms with E-state index in [0.717, 1.165) is 25.7 Å². The first-order valence-electron chi connectivity index (χ1n) is 10.1. The molecule has 0 amide bonds. The number of piperidine rings is 3.